The van der Waals surface area contributed by atoms with Gasteiger partial charge in [0.15, 0.2) is 0 Å². The summed E-state index contributed by atoms with van der Waals surface area (Å²) in [6, 6.07) is 18.7. The van der Waals surface area contributed by atoms with E-state index in [2.05, 4.69) is 5.32 Å². The fraction of sp³-hybridized carbons (Fsp3) is 0.0909. The molecule has 0 unspecified atom stereocenters. The van der Waals surface area contributed by atoms with Crippen LogP contribution in [0.5, 0.6) is 0 Å². The van der Waals surface area contributed by atoms with Gasteiger partial charge in [-0.3, -0.25) is 13.9 Å². The summed E-state index contributed by atoms with van der Waals surface area (Å²) in [7, 11) is -4.08. The minimum Gasteiger partial charge on any atom is -0.366 e. The van der Waals surface area contributed by atoms with E-state index < -0.39 is 28.4 Å². The van der Waals surface area contributed by atoms with Gasteiger partial charge in [0.2, 0.25) is 5.91 Å². The molecule has 7 nitrogen and oxygen atoms in total. The van der Waals surface area contributed by atoms with E-state index >= 15 is 0 Å². The van der Waals surface area contributed by atoms with Crippen LogP contribution >= 0.6 is 11.6 Å². The zero-order valence-electron chi connectivity index (χ0n) is 16.6. The van der Waals surface area contributed by atoms with Crippen LogP contribution in [0.1, 0.15) is 15.9 Å². The van der Waals surface area contributed by atoms with Crippen LogP contribution in [0.25, 0.3) is 0 Å². The van der Waals surface area contributed by atoms with Crippen molar-refractivity contribution in [2.24, 2.45) is 5.73 Å². The topological polar surface area (TPSA) is 110 Å². The smallest absolute Gasteiger partial charge is 0.264 e. The molecule has 3 rings (SSSR count). The van der Waals surface area contributed by atoms with E-state index in [1.165, 1.54) is 30.3 Å². The Labute approximate surface area is 185 Å². The number of benzene rings is 3. The Morgan fingerprint density at radius 2 is 1.65 bits per heavy atom. The Bertz CT molecular complexity index is 1230. The van der Waals surface area contributed by atoms with Gasteiger partial charge in [-0.15, -0.1) is 0 Å². The molecule has 3 aromatic rings. The number of hydrogen-bond donors (Lipinski definition) is 2. The molecule has 0 aliphatic heterocycles. The van der Waals surface area contributed by atoms with Gasteiger partial charge in [-0.05, 0) is 48.9 Å². The summed E-state index contributed by atoms with van der Waals surface area (Å²) in [5.74, 6) is -1.36. The standard InChI is InChI=1S/C22H20ClN3O4S/c1-15-11-12-16(13-19(15)23)26(31(29,30)17-7-3-2-4-8-17)14-21(27)25-20-10-6-5-9-18(20)22(24)28/h2-13H,14H2,1H3,(H2,24,28)(H,25,27). The second-order valence-corrected chi connectivity index (χ2v) is 8.99. The van der Waals surface area contributed by atoms with Gasteiger partial charge in [-0.1, -0.05) is 48.0 Å². The SMILES string of the molecule is Cc1ccc(N(CC(=O)Nc2ccccc2C(N)=O)S(=O)(=O)c2ccccc2)cc1Cl. The van der Waals surface area contributed by atoms with Crippen LogP contribution in [-0.2, 0) is 14.8 Å². The number of carbonyl (C=O) groups is 2. The number of hydrogen-bond acceptors (Lipinski definition) is 4. The van der Waals surface area contributed by atoms with E-state index in [0.717, 1.165) is 9.87 Å². The zero-order valence-corrected chi connectivity index (χ0v) is 18.2. The lowest BCUT2D eigenvalue weighted by molar-refractivity contribution is -0.114. The van der Waals surface area contributed by atoms with Crippen molar-refractivity contribution < 1.29 is 18.0 Å². The number of anilines is 2. The number of nitrogens with two attached hydrogens (primary N) is 1. The molecule has 0 aliphatic rings. The fourth-order valence-electron chi connectivity index (χ4n) is 2.90. The van der Waals surface area contributed by atoms with Crippen LogP contribution in [-0.4, -0.2) is 26.8 Å². The molecule has 0 bridgehead atoms. The molecule has 0 atom stereocenters. The van der Waals surface area contributed by atoms with Gasteiger partial charge in [-0.25, -0.2) is 8.42 Å². The third-order valence-electron chi connectivity index (χ3n) is 4.53. The van der Waals surface area contributed by atoms with Gasteiger partial charge in [-0.2, -0.15) is 0 Å². The van der Waals surface area contributed by atoms with Gasteiger partial charge >= 0.3 is 0 Å². The zero-order chi connectivity index (χ0) is 22.6. The number of para-hydroxylation sites is 1. The maximum absolute atomic E-state index is 13.3. The lowest BCUT2D eigenvalue weighted by Gasteiger charge is -2.24. The molecule has 3 N–H and O–H groups in total. The molecular formula is C22H20ClN3O4S. The molecule has 160 valence electrons. The predicted octanol–water partition coefficient (Wildman–Crippen LogP) is 3.58. The third kappa shape index (κ3) is 5.04. The lowest BCUT2D eigenvalue weighted by Crippen LogP contribution is -2.38. The Balaban J connectivity index is 1.98. The minimum absolute atomic E-state index is 0.0250. The molecule has 0 heterocycles. The fourth-order valence-corrected chi connectivity index (χ4v) is 4.51. The maximum Gasteiger partial charge on any atom is 0.264 e. The number of nitrogens with zero attached hydrogens (tertiary/aromatic N) is 1. The van der Waals surface area contributed by atoms with Crippen molar-refractivity contribution in [3.63, 3.8) is 0 Å². The number of primary amides is 1. The summed E-state index contributed by atoms with van der Waals surface area (Å²) in [5.41, 5.74) is 6.66. The van der Waals surface area contributed by atoms with Gasteiger partial charge in [0, 0.05) is 5.02 Å². The number of carbonyl (C=O) groups excluding carboxylic acids is 2. The number of rotatable bonds is 7. The summed E-state index contributed by atoms with van der Waals surface area (Å²) in [6.07, 6.45) is 0. The first-order valence-electron chi connectivity index (χ1n) is 9.23. The van der Waals surface area contributed by atoms with Crippen LogP contribution < -0.4 is 15.4 Å². The molecule has 0 fully saturated rings. The second-order valence-electron chi connectivity index (χ2n) is 6.72. The Hall–Kier alpha value is -3.36. The summed E-state index contributed by atoms with van der Waals surface area (Å²) in [6.45, 7) is 1.25. The van der Waals surface area contributed by atoms with E-state index in [4.69, 9.17) is 17.3 Å². The molecule has 0 spiro atoms. The molecule has 0 aliphatic carbocycles. The molecular weight excluding hydrogens is 438 g/mol. The van der Waals surface area contributed by atoms with E-state index in [9.17, 15) is 18.0 Å². The second kappa shape index (κ2) is 9.20. The van der Waals surface area contributed by atoms with Crippen molar-refractivity contribution in [3.8, 4) is 0 Å². The Kier molecular flexibility index (Phi) is 6.62. The van der Waals surface area contributed by atoms with E-state index in [1.807, 2.05) is 0 Å². The van der Waals surface area contributed by atoms with Gasteiger partial charge < -0.3 is 11.1 Å². The van der Waals surface area contributed by atoms with Crippen LogP contribution in [0.15, 0.2) is 77.7 Å². The molecule has 2 amide bonds. The molecule has 0 saturated heterocycles. The first-order valence-corrected chi connectivity index (χ1v) is 11.0. The highest BCUT2D eigenvalue weighted by molar-refractivity contribution is 7.92. The number of nitrogens with one attached hydrogen (secondary N) is 1. The lowest BCUT2D eigenvalue weighted by atomic mass is 10.1. The highest BCUT2D eigenvalue weighted by atomic mass is 35.5. The number of sulfonamides is 1. The van der Waals surface area contributed by atoms with Gasteiger partial charge in [0.1, 0.15) is 6.54 Å². The maximum atomic E-state index is 13.3. The average Bonchev–Trinajstić information content (AvgIpc) is 2.75. The number of amides is 2. The van der Waals surface area contributed by atoms with Crippen molar-refractivity contribution in [1.29, 1.82) is 0 Å². The van der Waals surface area contributed by atoms with Crippen molar-refractivity contribution in [3.05, 3.63) is 88.9 Å². The molecule has 3 aromatic carbocycles. The van der Waals surface area contributed by atoms with Crippen LogP contribution in [0.2, 0.25) is 5.02 Å². The van der Waals surface area contributed by atoms with E-state index in [1.54, 1.807) is 49.4 Å². The molecule has 0 aromatic heterocycles. The molecule has 31 heavy (non-hydrogen) atoms. The monoisotopic (exact) mass is 457 g/mol. The van der Waals surface area contributed by atoms with Crippen LogP contribution in [0, 0.1) is 6.92 Å². The van der Waals surface area contributed by atoms with Crippen LogP contribution in [0.3, 0.4) is 0 Å². The van der Waals surface area contributed by atoms with Crippen molar-refractivity contribution in [1.82, 2.24) is 0 Å². The van der Waals surface area contributed by atoms with Crippen molar-refractivity contribution >= 4 is 44.8 Å². The predicted molar refractivity (Wildman–Crippen MR) is 121 cm³/mol. The molecule has 0 radical (unpaired) electrons. The molecule has 9 heteroatoms. The van der Waals surface area contributed by atoms with E-state index in [-0.39, 0.29) is 21.8 Å². The normalized spacial score (nSPS) is 11.0. The number of aryl methyl sites for hydroxylation is 1. The average molecular weight is 458 g/mol. The van der Waals surface area contributed by atoms with Crippen molar-refractivity contribution in [2.75, 3.05) is 16.2 Å². The quantitative estimate of drug-likeness (QED) is 0.565. The largest absolute Gasteiger partial charge is 0.366 e. The highest BCUT2D eigenvalue weighted by Gasteiger charge is 2.28. The van der Waals surface area contributed by atoms with E-state index in [0.29, 0.717) is 5.02 Å². The van der Waals surface area contributed by atoms with Gasteiger partial charge in [0.25, 0.3) is 15.9 Å². The van der Waals surface area contributed by atoms with Crippen LogP contribution in [0.4, 0.5) is 11.4 Å². The minimum atomic E-state index is -4.08. The number of halogens is 1. The first kappa shape index (κ1) is 22.3. The Morgan fingerprint density at radius 1 is 1.00 bits per heavy atom. The Morgan fingerprint density at radius 3 is 2.29 bits per heavy atom. The summed E-state index contributed by atoms with van der Waals surface area (Å²) < 4.78 is 27.6. The highest BCUT2D eigenvalue weighted by Crippen LogP contribution is 2.28. The summed E-state index contributed by atoms with van der Waals surface area (Å²) in [4.78, 5) is 24.4. The first-order chi connectivity index (χ1) is 14.7. The van der Waals surface area contributed by atoms with Gasteiger partial charge in [0.05, 0.1) is 21.8 Å². The molecule has 0 saturated carbocycles. The summed E-state index contributed by atoms with van der Waals surface area (Å²) in [5, 5.41) is 2.93. The third-order valence-corrected chi connectivity index (χ3v) is 6.72. The van der Waals surface area contributed by atoms with Crippen molar-refractivity contribution in [2.45, 2.75) is 11.8 Å². The summed E-state index contributed by atoms with van der Waals surface area (Å²) >= 11 is 6.20.